The fourth-order valence-corrected chi connectivity index (χ4v) is 0.293. The van der Waals surface area contributed by atoms with Crippen LogP contribution in [0.3, 0.4) is 0 Å². The van der Waals surface area contributed by atoms with Crippen LogP contribution in [0.25, 0.3) is 0 Å². The minimum atomic E-state index is 0.777. The summed E-state index contributed by atoms with van der Waals surface area (Å²) < 4.78 is 0. The normalized spacial score (nSPS) is 7.33. The van der Waals surface area contributed by atoms with Crippen molar-refractivity contribution in [2.45, 2.75) is 6.92 Å². The Hall–Kier alpha value is 0.170. The van der Waals surface area contributed by atoms with Gasteiger partial charge in [-0.2, -0.15) is 0 Å². The van der Waals surface area contributed by atoms with Crippen LogP contribution in [0, 0.1) is 5.63 Å². The van der Waals surface area contributed by atoms with Crippen LogP contribution in [-0.4, -0.2) is 13.1 Å². The third kappa shape index (κ3) is 4.17. The quantitative estimate of drug-likeness (QED) is 0.403. The molecular weight excluding hydrogens is 93.0 g/mol. The van der Waals surface area contributed by atoms with Crippen molar-refractivity contribution in [2.24, 2.45) is 0 Å². The molecule has 0 rings (SSSR count). The maximum atomic E-state index is 3.74. The second kappa shape index (κ2) is 5.17. The van der Waals surface area contributed by atoms with Gasteiger partial charge in [-0.05, 0) is 0 Å². The SMILES string of the molecule is CCNCC#P. The van der Waals surface area contributed by atoms with E-state index in [-0.39, 0.29) is 0 Å². The van der Waals surface area contributed by atoms with Crippen LogP contribution in [0.15, 0.2) is 0 Å². The zero-order valence-electron chi connectivity index (χ0n) is 3.86. The first-order chi connectivity index (χ1) is 2.91. The first-order valence-electron chi connectivity index (χ1n) is 1.99. The molecule has 2 heteroatoms. The molecule has 0 aliphatic heterocycles. The Bertz CT molecular complexity index is 55.1. The van der Waals surface area contributed by atoms with E-state index < -0.39 is 0 Å². The number of hydrogen-bond donors (Lipinski definition) is 1. The van der Waals surface area contributed by atoms with Crippen molar-refractivity contribution in [1.82, 2.24) is 5.32 Å². The fraction of sp³-hybridized carbons (Fsp3) is 0.750. The molecule has 0 fully saturated rings. The van der Waals surface area contributed by atoms with Gasteiger partial charge in [-0.1, -0.05) is 0 Å². The van der Waals surface area contributed by atoms with Gasteiger partial charge in [0, 0.05) is 0 Å². The van der Waals surface area contributed by atoms with E-state index in [1.807, 2.05) is 6.92 Å². The van der Waals surface area contributed by atoms with Crippen LogP contribution < -0.4 is 5.32 Å². The molecule has 0 aromatic carbocycles. The molecule has 0 aromatic heterocycles. The molecule has 0 atom stereocenters. The molecule has 0 saturated heterocycles. The van der Waals surface area contributed by atoms with Crippen molar-refractivity contribution in [2.75, 3.05) is 13.1 Å². The molecule has 0 aliphatic carbocycles. The van der Waals surface area contributed by atoms with Crippen LogP contribution >= 0.6 is 8.70 Å². The van der Waals surface area contributed by atoms with E-state index in [1.54, 1.807) is 0 Å². The number of nitrogens with one attached hydrogen (secondary N) is 1. The molecule has 0 heterocycles. The standard InChI is InChI=1S/C4H8NP/c1-2-5-3-4-6/h5H,2-3H2,1H3. The Balaban J connectivity index is 2.54. The van der Waals surface area contributed by atoms with Crippen molar-refractivity contribution in [3.63, 3.8) is 0 Å². The van der Waals surface area contributed by atoms with Gasteiger partial charge < -0.3 is 0 Å². The van der Waals surface area contributed by atoms with E-state index in [1.165, 1.54) is 0 Å². The van der Waals surface area contributed by atoms with E-state index >= 15 is 0 Å². The topological polar surface area (TPSA) is 12.0 Å². The van der Waals surface area contributed by atoms with Crippen molar-refractivity contribution in [3.05, 3.63) is 0 Å². The van der Waals surface area contributed by atoms with Crippen molar-refractivity contribution < 1.29 is 0 Å². The molecule has 0 spiro atoms. The summed E-state index contributed by atoms with van der Waals surface area (Å²) in [6, 6.07) is 0. The van der Waals surface area contributed by atoms with Crippen LogP contribution in [-0.2, 0) is 0 Å². The van der Waals surface area contributed by atoms with Crippen molar-refractivity contribution >= 4 is 8.70 Å². The molecule has 1 N–H and O–H groups in total. The number of rotatable bonds is 2. The van der Waals surface area contributed by atoms with Gasteiger partial charge in [0.1, 0.15) is 0 Å². The molecule has 0 aliphatic rings. The van der Waals surface area contributed by atoms with Crippen LogP contribution in [0.5, 0.6) is 0 Å². The van der Waals surface area contributed by atoms with E-state index in [9.17, 15) is 0 Å². The Labute approximate surface area is 40.6 Å². The summed E-state index contributed by atoms with van der Waals surface area (Å²) in [7, 11) is 3.74. The molecule has 1 nitrogen and oxygen atoms in total. The summed E-state index contributed by atoms with van der Waals surface area (Å²) in [5, 5.41) is 3.01. The Kier molecular flexibility index (Phi) is 5.32. The second-order valence-corrected chi connectivity index (χ2v) is 1.25. The second-order valence-electron chi connectivity index (χ2n) is 0.938. The fourth-order valence-electron chi connectivity index (χ4n) is 0.181. The molecular formula is C4H8NP. The van der Waals surface area contributed by atoms with Crippen LogP contribution in [0.1, 0.15) is 6.92 Å². The predicted molar refractivity (Wildman–Crippen MR) is 29.4 cm³/mol. The van der Waals surface area contributed by atoms with Crippen LogP contribution in [0.2, 0.25) is 0 Å². The first-order valence-corrected chi connectivity index (χ1v) is 2.44. The Morgan fingerprint density at radius 3 is 2.67 bits per heavy atom. The molecule has 0 radical (unpaired) electrons. The van der Waals surface area contributed by atoms with E-state index in [0.717, 1.165) is 13.1 Å². The van der Waals surface area contributed by atoms with Crippen molar-refractivity contribution in [1.29, 1.82) is 0 Å². The summed E-state index contributed by atoms with van der Waals surface area (Å²) in [6.45, 7) is 3.82. The number of hydrogen-bond acceptors (Lipinski definition) is 1. The maximum absolute atomic E-state index is 3.74. The summed E-state index contributed by atoms with van der Waals surface area (Å²) in [5.74, 6) is 0. The predicted octanol–water partition coefficient (Wildman–Crippen LogP) is 0.966. The molecule has 0 amide bonds. The Morgan fingerprint density at radius 1 is 1.83 bits per heavy atom. The minimum absolute atomic E-state index is 0.777. The summed E-state index contributed by atoms with van der Waals surface area (Å²) >= 11 is 0. The molecule has 0 unspecified atom stereocenters. The monoisotopic (exact) mass is 101 g/mol. The zero-order chi connectivity index (χ0) is 4.83. The average molecular weight is 101 g/mol. The van der Waals surface area contributed by atoms with E-state index in [2.05, 4.69) is 19.6 Å². The van der Waals surface area contributed by atoms with E-state index in [0.29, 0.717) is 0 Å². The molecule has 6 heavy (non-hydrogen) atoms. The zero-order valence-corrected chi connectivity index (χ0v) is 4.76. The van der Waals surface area contributed by atoms with Gasteiger partial charge in [0.15, 0.2) is 0 Å². The summed E-state index contributed by atoms with van der Waals surface area (Å²) in [4.78, 5) is 0. The van der Waals surface area contributed by atoms with Gasteiger partial charge in [-0.3, -0.25) is 0 Å². The van der Waals surface area contributed by atoms with Gasteiger partial charge in [0.25, 0.3) is 0 Å². The first kappa shape index (κ1) is 6.17. The Morgan fingerprint density at radius 2 is 2.50 bits per heavy atom. The summed E-state index contributed by atoms with van der Waals surface area (Å²) in [5.41, 5.74) is 2.65. The van der Waals surface area contributed by atoms with Gasteiger partial charge in [-0.25, -0.2) is 0 Å². The van der Waals surface area contributed by atoms with Crippen molar-refractivity contribution in [3.8, 4) is 5.63 Å². The van der Waals surface area contributed by atoms with E-state index in [4.69, 9.17) is 0 Å². The van der Waals surface area contributed by atoms with Crippen LogP contribution in [0.4, 0.5) is 0 Å². The third-order valence-electron chi connectivity index (χ3n) is 0.454. The van der Waals surface area contributed by atoms with Gasteiger partial charge in [0.05, 0.1) is 0 Å². The third-order valence-corrected chi connectivity index (χ3v) is 0.612. The van der Waals surface area contributed by atoms with Gasteiger partial charge in [-0.15, -0.1) is 0 Å². The average Bonchev–Trinajstić information content (AvgIpc) is 1.61. The van der Waals surface area contributed by atoms with Gasteiger partial charge >= 0.3 is 39.7 Å². The molecule has 0 bridgehead atoms. The molecule has 0 saturated carbocycles. The van der Waals surface area contributed by atoms with Gasteiger partial charge in [0.2, 0.25) is 0 Å². The molecule has 34 valence electrons. The molecule has 0 aromatic rings. The summed E-state index contributed by atoms with van der Waals surface area (Å²) in [6.07, 6.45) is 0.